The maximum Gasteiger partial charge on any atom is 0.309 e. The van der Waals surface area contributed by atoms with Crippen LogP contribution in [0.4, 0.5) is 0 Å². The van der Waals surface area contributed by atoms with Gasteiger partial charge < -0.3 is 14.2 Å². The van der Waals surface area contributed by atoms with Crippen LogP contribution in [0.3, 0.4) is 0 Å². The summed E-state index contributed by atoms with van der Waals surface area (Å²) < 4.78 is 16.9. The van der Waals surface area contributed by atoms with Crippen LogP contribution in [-0.4, -0.2) is 31.1 Å². The molecule has 0 spiro atoms. The topological polar surface area (TPSA) is 48.1 Å². The van der Waals surface area contributed by atoms with Gasteiger partial charge in [-0.3, -0.25) is 4.79 Å². The molecule has 7 atom stereocenters. The second-order valence-electron chi connectivity index (χ2n) is 6.50. The Morgan fingerprint density at radius 3 is 2.95 bits per heavy atom. The lowest BCUT2D eigenvalue weighted by molar-refractivity contribution is -0.150. The van der Waals surface area contributed by atoms with Gasteiger partial charge in [-0.1, -0.05) is 6.58 Å². The van der Waals surface area contributed by atoms with Gasteiger partial charge in [-0.05, 0) is 43.6 Å². The molecule has 2 saturated heterocycles. The lowest BCUT2D eigenvalue weighted by Crippen LogP contribution is -2.49. The number of fused-ring (bicyclic) bond motifs is 2. The third-order valence-corrected chi connectivity index (χ3v) is 5.34. The first-order chi connectivity index (χ1) is 9.15. The Hall–Kier alpha value is -0.870. The SMILES string of the molecule is C=C(C)C1OC1OC1CC2CCC1C1COC(=O)C21. The predicted octanol–water partition coefficient (Wildman–Crippen LogP) is 1.89. The zero-order valence-corrected chi connectivity index (χ0v) is 11.2. The minimum absolute atomic E-state index is 0.0284. The van der Waals surface area contributed by atoms with Crippen molar-refractivity contribution in [1.29, 1.82) is 0 Å². The largest absolute Gasteiger partial charge is 0.465 e. The molecule has 3 aliphatic carbocycles. The molecule has 2 aliphatic heterocycles. The van der Waals surface area contributed by atoms with Gasteiger partial charge in [-0.15, -0.1) is 0 Å². The summed E-state index contributed by atoms with van der Waals surface area (Å²) in [6.07, 6.45) is 3.53. The number of ether oxygens (including phenoxy) is 3. The fraction of sp³-hybridized carbons (Fsp3) is 0.800. The van der Waals surface area contributed by atoms with Crippen molar-refractivity contribution in [2.45, 2.75) is 44.7 Å². The third-order valence-electron chi connectivity index (χ3n) is 5.34. The number of carbonyl (C=O) groups is 1. The first-order valence-corrected chi connectivity index (χ1v) is 7.28. The van der Waals surface area contributed by atoms with E-state index in [-0.39, 0.29) is 30.4 Å². The van der Waals surface area contributed by atoms with Gasteiger partial charge in [0, 0.05) is 5.92 Å². The van der Waals surface area contributed by atoms with E-state index in [1.165, 1.54) is 0 Å². The Kier molecular flexibility index (Phi) is 2.55. The number of esters is 1. The van der Waals surface area contributed by atoms with Gasteiger partial charge in [0.1, 0.15) is 6.10 Å². The van der Waals surface area contributed by atoms with E-state index in [1.807, 2.05) is 6.92 Å². The highest BCUT2D eigenvalue weighted by molar-refractivity contribution is 5.75. The van der Waals surface area contributed by atoms with Crippen LogP contribution in [-0.2, 0) is 19.0 Å². The molecule has 0 radical (unpaired) electrons. The molecule has 2 bridgehead atoms. The van der Waals surface area contributed by atoms with Crippen LogP contribution in [0.15, 0.2) is 12.2 Å². The molecular formula is C15H20O4. The van der Waals surface area contributed by atoms with E-state index in [2.05, 4.69) is 6.58 Å². The average Bonchev–Trinajstić information content (AvgIpc) is 3.05. The van der Waals surface area contributed by atoms with Crippen molar-refractivity contribution in [3.05, 3.63) is 12.2 Å². The predicted molar refractivity (Wildman–Crippen MR) is 67.1 cm³/mol. The van der Waals surface area contributed by atoms with Crippen LogP contribution < -0.4 is 0 Å². The summed E-state index contributed by atoms with van der Waals surface area (Å²) in [5, 5.41) is 0. The molecule has 4 nitrogen and oxygen atoms in total. The van der Waals surface area contributed by atoms with Crippen molar-refractivity contribution < 1.29 is 19.0 Å². The number of carbonyl (C=O) groups excluding carboxylic acids is 1. The zero-order chi connectivity index (χ0) is 13.1. The second-order valence-corrected chi connectivity index (χ2v) is 6.50. The Bertz CT molecular complexity index is 432. The molecular weight excluding hydrogens is 244 g/mol. The Morgan fingerprint density at radius 2 is 2.21 bits per heavy atom. The third kappa shape index (κ3) is 1.77. The highest BCUT2D eigenvalue weighted by Crippen LogP contribution is 2.53. The molecule has 104 valence electrons. The van der Waals surface area contributed by atoms with E-state index in [1.54, 1.807) is 0 Å². The molecule has 0 amide bonds. The lowest BCUT2D eigenvalue weighted by atomic mass is 9.58. The Balaban J connectivity index is 1.46. The minimum Gasteiger partial charge on any atom is -0.465 e. The van der Waals surface area contributed by atoms with Crippen molar-refractivity contribution in [2.24, 2.45) is 23.7 Å². The number of hydrogen-bond acceptors (Lipinski definition) is 4. The van der Waals surface area contributed by atoms with E-state index in [4.69, 9.17) is 14.2 Å². The van der Waals surface area contributed by atoms with E-state index < -0.39 is 0 Å². The van der Waals surface area contributed by atoms with Crippen molar-refractivity contribution in [1.82, 2.24) is 0 Å². The summed E-state index contributed by atoms with van der Waals surface area (Å²) in [6.45, 7) is 6.47. The number of hydrogen-bond donors (Lipinski definition) is 0. The molecule has 0 aromatic heterocycles. The van der Waals surface area contributed by atoms with Crippen LogP contribution in [0.2, 0.25) is 0 Å². The smallest absolute Gasteiger partial charge is 0.309 e. The molecule has 19 heavy (non-hydrogen) atoms. The van der Waals surface area contributed by atoms with E-state index in [0.717, 1.165) is 24.8 Å². The molecule has 0 N–H and O–H groups in total. The lowest BCUT2D eigenvalue weighted by Gasteiger charge is -2.47. The van der Waals surface area contributed by atoms with Gasteiger partial charge in [0.25, 0.3) is 0 Å². The van der Waals surface area contributed by atoms with Gasteiger partial charge in [0.15, 0.2) is 6.29 Å². The normalized spacial score (nSPS) is 50.8. The fourth-order valence-corrected chi connectivity index (χ4v) is 4.36. The maximum absolute atomic E-state index is 11.8. The molecule has 0 aromatic carbocycles. The minimum atomic E-state index is -0.0988. The van der Waals surface area contributed by atoms with E-state index in [9.17, 15) is 4.79 Å². The van der Waals surface area contributed by atoms with E-state index in [0.29, 0.717) is 24.4 Å². The van der Waals surface area contributed by atoms with Gasteiger partial charge in [-0.25, -0.2) is 0 Å². The maximum atomic E-state index is 11.8. The summed E-state index contributed by atoms with van der Waals surface area (Å²) >= 11 is 0. The van der Waals surface area contributed by atoms with Crippen molar-refractivity contribution >= 4 is 5.97 Å². The first-order valence-electron chi connectivity index (χ1n) is 7.28. The van der Waals surface area contributed by atoms with Gasteiger partial charge >= 0.3 is 5.97 Å². The van der Waals surface area contributed by atoms with Crippen molar-refractivity contribution in [2.75, 3.05) is 6.61 Å². The molecule has 7 unspecified atom stereocenters. The molecule has 5 aliphatic rings. The standard InChI is InChI=1S/C15H20O4/c1-7(2)13-15(19-13)18-11-5-8-3-4-9(11)10-6-17-14(16)12(8)10/h8-13,15H,1,3-6H2,2H3. The fourth-order valence-electron chi connectivity index (χ4n) is 4.36. The molecule has 0 aromatic rings. The Morgan fingerprint density at radius 1 is 1.37 bits per heavy atom. The number of epoxide rings is 1. The molecule has 5 rings (SSSR count). The molecule has 5 fully saturated rings. The average molecular weight is 264 g/mol. The molecule has 4 heteroatoms. The number of cyclic esters (lactones) is 1. The van der Waals surface area contributed by atoms with Gasteiger partial charge in [0.05, 0.1) is 18.6 Å². The summed E-state index contributed by atoms with van der Waals surface area (Å²) in [6, 6.07) is 0. The van der Waals surface area contributed by atoms with Crippen LogP contribution in [0.25, 0.3) is 0 Å². The van der Waals surface area contributed by atoms with Crippen LogP contribution in [0.1, 0.15) is 26.2 Å². The van der Waals surface area contributed by atoms with Crippen molar-refractivity contribution in [3.8, 4) is 0 Å². The Labute approximate surface area is 113 Å². The monoisotopic (exact) mass is 264 g/mol. The van der Waals surface area contributed by atoms with Crippen molar-refractivity contribution in [3.63, 3.8) is 0 Å². The highest BCUT2D eigenvalue weighted by Gasteiger charge is 2.57. The first kappa shape index (κ1) is 11.9. The summed E-state index contributed by atoms with van der Waals surface area (Å²) in [5.74, 6) is 1.48. The highest BCUT2D eigenvalue weighted by atomic mass is 16.8. The summed E-state index contributed by atoms with van der Waals surface area (Å²) in [4.78, 5) is 11.8. The van der Waals surface area contributed by atoms with Crippen LogP contribution >= 0.6 is 0 Å². The zero-order valence-electron chi connectivity index (χ0n) is 11.2. The molecule has 2 heterocycles. The van der Waals surface area contributed by atoms with Crippen LogP contribution in [0.5, 0.6) is 0 Å². The van der Waals surface area contributed by atoms with Gasteiger partial charge in [0.2, 0.25) is 0 Å². The van der Waals surface area contributed by atoms with E-state index >= 15 is 0 Å². The quantitative estimate of drug-likeness (QED) is 0.444. The summed E-state index contributed by atoms with van der Waals surface area (Å²) in [5.41, 5.74) is 1.03. The second kappa shape index (κ2) is 4.06. The van der Waals surface area contributed by atoms with Gasteiger partial charge in [-0.2, -0.15) is 0 Å². The summed E-state index contributed by atoms with van der Waals surface area (Å²) in [7, 11) is 0. The number of rotatable bonds is 3. The molecule has 3 saturated carbocycles. The van der Waals surface area contributed by atoms with Crippen LogP contribution in [0, 0.1) is 23.7 Å².